The first kappa shape index (κ1) is 17.9. The van der Waals surface area contributed by atoms with E-state index in [4.69, 9.17) is 0 Å². The summed E-state index contributed by atoms with van der Waals surface area (Å²) in [6.07, 6.45) is 14.4. The molecule has 1 aromatic carbocycles. The lowest BCUT2D eigenvalue weighted by Crippen LogP contribution is -2.47. The molecule has 2 aliphatic rings. The minimum atomic E-state index is -1.25. The molecule has 1 nitrogen and oxygen atoms in total. The van der Waals surface area contributed by atoms with Crippen LogP contribution in [0, 0.1) is 0 Å². The van der Waals surface area contributed by atoms with Gasteiger partial charge in [-0.2, -0.15) is 0 Å². The number of nitrogens with one attached hydrogen (secondary N) is 1. The van der Waals surface area contributed by atoms with E-state index in [9.17, 15) is 0 Å². The number of benzene rings is 1. The Morgan fingerprint density at radius 1 is 1.04 bits per heavy atom. The first-order chi connectivity index (χ1) is 11.6. The van der Waals surface area contributed by atoms with Gasteiger partial charge in [-0.1, -0.05) is 97.0 Å². The maximum Gasteiger partial charge on any atom is 0.111 e. The number of allylic oxidation sites excluding steroid dienone is 4. The molecule has 0 amide bonds. The molecule has 0 radical (unpaired) electrons. The zero-order valence-corrected chi connectivity index (χ0v) is 17.8. The van der Waals surface area contributed by atoms with Crippen molar-refractivity contribution in [2.75, 3.05) is 6.17 Å². The minimum absolute atomic E-state index is 0.766. The molecule has 2 aliphatic carbocycles. The predicted octanol–water partition coefficient (Wildman–Crippen LogP) is 4.26. The molecule has 0 spiro atoms. The average Bonchev–Trinajstić information content (AvgIpc) is 3.07. The van der Waals surface area contributed by atoms with Gasteiger partial charge in [-0.25, -0.2) is 0 Å². The molecule has 1 saturated carbocycles. The molecule has 0 heterocycles. The van der Waals surface area contributed by atoms with Gasteiger partial charge in [0.1, 0.15) is 8.80 Å². The van der Waals surface area contributed by atoms with E-state index in [1.54, 1.807) is 10.4 Å². The second kappa shape index (κ2) is 7.98. The SMILES string of the molecule is C[Si](C)(C)C1=C([SiH](CNC2CCCCC2)c2ccccc2)CC=C1. The van der Waals surface area contributed by atoms with Crippen molar-refractivity contribution in [1.82, 2.24) is 5.32 Å². The molecule has 3 rings (SSSR count). The van der Waals surface area contributed by atoms with E-state index >= 15 is 0 Å². The Hall–Kier alpha value is -0.906. The Balaban J connectivity index is 1.83. The molecule has 3 heteroatoms. The lowest BCUT2D eigenvalue weighted by molar-refractivity contribution is 0.389. The molecule has 24 heavy (non-hydrogen) atoms. The van der Waals surface area contributed by atoms with Gasteiger partial charge in [0, 0.05) is 6.04 Å². The van der Waals surface area contributed by atoms with Crippen LogP contribution in [0.2, 0.25) is 19.6 Å². The largest absolute Gasteiger partial charge is 0.316 e. The third-order valence-corrected chi connectivity index (χ3v) is 11.2. The highest BCUT2D eigenvalue weighted by molar-refractivity contribution is 6.88. The van der Waals surface area contributed by atoms with E-state index in [0.717, 1.165) is 6.04 Å². The van der Waals surface area contributed by atoms with Crippen LogP contribution >= 0.6 is 0 Å². The highest BCUT2D eigenvalue weighted by Crippen LogP contribution is 2.29. The fourth-order valence-electron chi connectivity index (χ4n) is 4.30. The van der Waals surface area contributed by atoms with Crippen molar-refractivity contribution in [3.8, 4) is 0 Å². The minimum Gasteiger partial charge on any atom is -0.316 e. The van der Waals surface area contributed by atoms with E-state index in [1.807, 2.05) is 5.20 Å². The zero-order valence-electron chi connectivity index (χ0n) is 15.6. The van der Waals surface area contributed by atoms with E-state index in [2.05, 4.69) is 67.4 Å². The van der Waals surface area contributed by atoms with Crippen LogP contribution in [-0.4, -0.2) is 29.1 Å². The summed E-state index contributed by atoms with van der Waals surface area (Å²) in [5.41, 5.74) is 0. The van der Waals surface area contributed by atoms with Gasteiger partial charge in [-0.05, 0) is 25.4 Å². The molecule has 0 aromatic heterocycles. The van der Waals surface area contributed by atoms with Crippen molar-refractivity contribution in [1.29, 1.82) is 0 Å². The third kappa shape index (κ3) is 4.38. The zero-order chi connectivity index (χ0) is 17.0. The topological polar surface area (TPSA) is 12.0 Å². The van der Waals surface area contributed by atoms with Crippen LogP contribution < -0.4 is 10.5 Å². The van der Waals surface area contributed by atoms with Gasteiger partial charge < -0.3 is 5.32 Å². The van der Waals surface area contributed by atoms with Gasteiger partial charge in [-0.3, -0.25) is 0 Å². The Morgan fingerprint density at radius 3 is 2.42 bits per heavy atom. The third-order valence-electron chi connectivity index (χ3n) is 5.61. The molecule has 0 bridgehead atoms. The van der Waals surface area contributed by atoms with Crippen molar-refractivity contribution < 1.29 is 0 Å². The summed E-state index contributed by atoms with van der Waals surface area (Å²) in [5, 5.41) is 9.17. The maximum absolute atomic E-state index is 3.98. The van der Waals surface area contributed by atoms with Gasteiger partial charge in [0.25, 0.3) is 0 Å². The molecule has 130 valence electrons. The van der Waals surface area contributed by atoms with Gasteiger partial charge in [0.15, 0.2) is 0 Å². The fraction of sp³-hybridized carbons (Fsp3) is 0.524. The number of rotatable bonds is 6. The summed E-state index contributed by atoms with van der Waals surface area (Å²) < 4.78 is 0. The molecular formula is C21H33NSi2. The summed E-state index contributed by atoms with van der Waals surface area (Å²) in [7, 11) is -2.38. The average molecular weight is 356 g/mol. The molecule has 1 unspecified atom stereocenters. The second-order valence-electron chi connectivity index (χ2n) is 8.50. The van der Waals surface area contributed by atoms with Crippen molar-refractivity contribution in [3.05, 3.63) is 52.9 Å². The van der Waals surface area contributed by atoms with Crippen LogP contribution in [0.5, 0.6) is 0 Å². The summed E-state index contributed by atoms with van der Waals surface area (Å²) >= 11 is 0. The van der Waals surface area contributed by atoms with E-state index < -0.39 is 16.9 Å². The van der Waals surface area contributed by atoms with E-state index in [0.29, 0.717) is 0 Å². The standard InChI is InChI=1S/C21H33NSi2/c1-24(2,3)21-16-10-15-20(21)23(19-13-8-5-9-14-19)17-22-18-11-6-4-7-12-18/h5,8-10,13-14,16,18,22-23H,4,6-7,11-12,15,17H2,1-3H3. The summed E-state index contributed by atoms with van der Waals surface area (Å²) in [4.78, 5) is 0. The molecule has 1 aromatic rings. The molecule has 0 saturated heterocycles. The highest BCUT2D eigenvalue weighted by Gasteiger charge is 2.29. The van der Waals surface area contributed by atoms with Crippen molar-refractivity contribution >= 4 is 22.1 Å². The van der Waals surface area contributed by atoms with Crippen LogP contribution in [0.3, 0.4) is 0 Å². The van der Waals surface area contributed by atoms with E-state index in [-0.39, 0.29) is 0 Å². The van der Waals surface area contributed by atoms with Crippen molar-refractivity contribution in [2.45, 2.75) is 64.2 Å². The maximum atomic E-state index is 3.98. The van der Waals surface area contributed by atoms with Gasteiger partial charge in [0.2, 0.25) is 0 Å². The lowest BCUT2D eigenvalue weighted by atomic mass is 9.96. The van der Waals surface area contributed by atoms with Crippen molar-refractivity contribution in [2.24, 2.45) is 0 Å². The summed E-state index contributed by atoms with van der Waals surface area (Å²) in [5.74, 6) is 0. The van der Waals surface area contributed by atoms with Crippen LogP contribution in [0.25, 0.3) is 0 Å². The Kier molecular flexibility index (Phi) is 5.95. The van der Waals surface area contributed by atoms with Crippen molar-refractivity contribution in [3.63, 3.8) is 0 Å². The quantitative estimate of drug-likeness (QED) is 0.752. The number of hydrogen-bond acceptors (Lipinski definition) is 1. The van der Waals surface area contributed by atoms with Crippen LogP contribution in [0.1, 0.15) is 38.5 Å². The fourth-order valence-corrected chi connectivity index (χ4v) is 10.8. The Morgan fingerprint density at radius 2 is 1.75 bits per heavy atom. The first-order valence-electron chi connectivity index (χ1n) is 9.74. The van der Waals surface area contributed by atoms with Crippen LogP contribution in [0.15, 0.2) is 52.9 Å². The lowest BCUT2D eigenvalue weighted by Gasteiger charge is -2.28. The molecular weight excluding hydrogens is 322 g/mol. The molecule has 1 atom stereocenters. The molecule has 1 fully saturated rings. The van der Waals surface area contributed by atoms with Crippen LogP contribution in [-0.2, 0) is 0 Å². The predicted molar refractivity (Wildman–Crippen MR) is 112 cm³/mol. The van der Waals surface area contributed by atoms with Gasteiger partial charge in [0.05, 0.1) is 8.07 Å². The van der Waals surface area contributed by atoms with Gasteiger partial charge >= 0.3 is 0 Å². The normalized spacial score (nSPS) is 20.6. The summed E-state index contributed by atoms with van der Waals surface area (Å²) in [6.45, 7) is 7.51. The Labute approximate surface area is 150 Å². The van der Waals surface area contributed by atoms with Crippen LogP contribution in [0.4, 0.5) is 0 Å². The molecule has 1 N–H and O–H groups in total. The smallest absolute Gasteiger partial charge is 0.111 e. The second-order valence-corrected chi connectivity index (χ2v) is 16.4. The Bertz CT molecular complexity index is 592. The highest BCUT2D eigenvalue weighted by atomic mass is 28.3. The first-order valence-corrected chi connectivity index (χ1v) is 15.2. The summed E-state index contributed by atoms with van der Waals surface area (Å²) in [6, 6.07) is 12.1. The molecule has 0 aliphatic heterocycles. The van der Waals surface area contributed by atoms with Gasteiger partial charge in [-0.15, -0.1) is 0 Å². The number of hydrogen-bond donors (Lipinski definition) is 1. The monoisotopic (exact) mass is 355 g/mol. The van der Waals surface area contributed by atoms with E-state index in [1.165, 1.54) is 44.7 Å².